The van der Waals surface area contributed by atoms with Gasteiger partial charge in [0.15, 0.2) is 0 Å². The molecule has 4 aromatic rings. The van der Waals surface area contributed by atoms with Crippen LogP contribution < -0.4 is 5.63 Å². The molecule has 1 amide bonds. The van der Waals surface area contributed by atoms with E-state index in [1.54, 1.807) is 19.3 Å². The second kappa shape index (κ2) is 7.67. The van der Waals surface area contributed by atoms with Crippen molar-refractivity contribution in [3.05, 3.63) is 70.3 Å². The van der Waals surface area contributed by atoms with Crippen molar-refractivity contribution < 1.29 is 23.5 Å². The molecule has 32 heavy (non-hydrogen) atoms. The molecular weight excluding hydrogens is 410 g/mol. The molecule has 1 atom stereocenters. The number of hydrogen-bond acceptors (Lipinski definition) is 5. The maximum absolute atomic E-state index is 12.8. The molecule has 0 saturated carbocycles. The van der Waals surface area contributed by atoms with E-state index in [9.17, 15) is 19.5 Å². The zero-order valence-corrected chi connectivity index (χ0v) is 17.5. The Kier molecular flexibility index (Phi) is 4.81. The van der Waals surface area contributed by atoms with E-state index in [1.165, 1.54) is 4.90 Å². The fraction of sp³-hybridized carbons (Fsp3) is 0.240. The molecule has 2 aromatic carbocycles. The summed E-state index contributed by atoms with van der Waals surface area (Å²) in [5.74, 6) is -1.40. The van der Waals surface area contributed by atoms with Crippen molar-refractivity contribution in [2.75, 3.05) is 6.54 Å². The van der Waals surface area contributed by atoms with Gasteiger partial charge in [-0.1, -0.05) is 30.3 Å². The van der Waals surface area contributed by atoms with E-state index in [4.69, 9.17) is 8.83 Å². The number of amides is 1. The monoisotopic (exact) mass is 431 g/mol. The molecule has 1 aliphatic heterocycles. The van der Waals surface area contributed by atoms with Gasteiger partial charge in [0.25, 0.3) is 0 Å². The molecule has 2 aromatic heterocycles. The number of furan rings is 1. The molecule has 1 fully saturated rings. The van der Waals surface area contributed by atoms with Crippen LogP contribution >= 0.6 is 0 Å². The molecule has 0 bridgehead atoms. The highest BCUT2D eigenvalue weighted by atomic mass is 16.4. The van der Waals surface area contributed by atoms with Crippen molar-refractivity contribution in [1.82, 2.24) is 4.90 Å². The van der Waals surface area contributed by atoms with Gasteiger partial charge in [-0.25, -0.2) is 9.59 Å². The van der Waals surface area contributed by atoms with Gasteiger partial charge in [-0.2, -0.15) is 0 Å². The molecular formula is C25H21NO6. The maximum Gasteiger partial charge on any atom is 0.340 e. The zero-order valence-electron chi connectivity index (χ0n) is 17.5. The normalized spacial score (nSPS) is 16.2. The SMILES string of the molecule is Cc1c(CC(=O)N2CCCC2C(=O)O)c(=O)oc2cc3occ(-c4ccccc4)c3cc12. The second-order valence-corrected chi connectivity index (χ2v) is 8.11. The smallest absolute Gasteiger partial charge is 0.340 e. The van der Waals surface area contributed by atoms with Crippen LogP contribution in [0.2, 0.25) is 0 Å². The van der Waals surface area contributed by atoms with Gasteiger partial charge in [-0.3, -0.25) is 4.79 Å². The van der Waals surface area contributed by atoms with Crippen molar-refractivity contribution in [3.8, 4) is 11.1 Å². The number of hydrogen-bond donors (Lipinski definition) is 1. The van der Waals surface area contributed by atoms with Crippen LogP contribution in [0.25, 0.3) is 33.1 Å². The van der Waals surface area contributed by atoms with Crippen molar-refractivity contribution in [2.24, 2.45) is 0 Å². The van der Waals surface area contributed by atoms with Crippen LogP contribution in [0.1, 0.15) is 24.0 Å². The fourth-order valence-corrected chi connectivity index (χ4v) is 4.53. The Balaban J connectivity index is 1.58. The van der Waals surface area contributed by atoms with Crippen LogP contribution in [0.5, 0.6) is 0 Å². The molecule has 1 aliphatic rings. The number of aryl methyl sites for hydroxylation is 1. The zero-order chi connectivity index (χ0) is 22.4. The summed E-state index contributed by atoms with van der Waals surface area (Å²) in [6.07, 6.45) is 2.54. The third kappa shape index (κ3) is 3.26. The summed E-state index contributed by atoms with van der Waals surface area (Å²) in [5, 5.41) is 11.0. The summed E-state index contributed by atoms with van der Waals surface area (Å²) in [6.45, 7) is 2.17. The molecule has 3 heterocycles. The number of likely N-dealkylation sites (tertiary alicyclic amines) is 1. The Morgan fingerprint density at radius 1 is 1.12 bits per heavy atom. The van der Waals surface area contributed by atoms with Gasteiger partial charge in [0, 0.05) is 28.9 Å². The maximum atomic E-state index is 12.8. The van der Waals surface area contributed by atoms with Crippen LogP contribution in [0.3, 0.4) is 0 Å². The van der Waals surface area contributed by atoms with E-state index in [0.717, 1.165) is 21.9 Å². The summed E-state index contributed by atoms with van der Waals surface area (Å²) >= 11 is 0. The highest BCUT2D eigenvalue weighted by Crippen LogP contribution is 2.34. The Hall–Kier alpha value is -3.87. The van der Waals surface area contributed by atoms with E-state index in [-0.39, 0.29) is 17.9 Å². The summed E-state index contributed by atoms with van der Waals surface area (Å²) in [7, 11) is 0. The van der Waals surface area contributed by atoms with E-state index in [0.29, 0.717) is 36.1 Å². The number of benzene rings is 2. The molecule has 0 aliphatic carbocycles. The fourth-order valence-electron chi connectivity index (χ4n) is 4.53. The average molecular weight is 431 g/mol. The van der Waals surface area contributed by atoms with Crippen LogP contribution in [-0.4, -0.2) is 34.5 Å². The minimum atomic E-state index is -1.02. The van der Waals surface area contributed by atoms with Gasteiger partial charge >= 0.3 is 11.6 Å². The molecule has 7 nitrogen and oxygen atoms in total. The van der Waals surface area contributed by atoms with E-state index >= 15 is 0 Å². The first-order valence-electron chi connectivity index (χ1n) is 10.5. The topological polar surface area (TPSA) is 101 Å². The number of carboxylic acid groups (broad SMARTS) is 1. The Morgan fingerprint density at radius 3 is 2.66 bits per heavy atom. The highest BCUT2D eigenvalue weighted by molar-refractivity contribution is 6.02. The number of rotatable bonds is 4. The molecule has 1 saturated heterocycles. The van der Waals surface area contributed by atoms with Crippen molar-refractivity contribution in [3.63, 3.8) is 0 Å². The summed E-state index contributed by atoms with van der Waals surface area (Å²) in [6, 6.07) is 12.6. The lowest BCUT2D eigenvalue weighted by Crippen LogP contribution is -2.41. The largest absolute Gasteiger partial charge is 0.480 e. The van der Waals surface area contributed by atoms with Gasteiger partial charge < -0.3 is 18.8 Å². The van der Waals surface area contributed by atoms with E-state index in [1.807, 2.05) is 36.4 Å². The number of aliphatic carboxylic acids is 1. The quantitative estimate of drug-likeness (QED) is 0.488. The highest BCUT2D eigenvalue weighted by Gasteiger charge is 2.34. The van der Waals surface area contributed by atoms with E-state index < -0.39 is 17.6 Å². The molecule has 1 N–H and O–H groups in total. The lowest BCUT2D eigenvalue weighted by atomic mass is 9.99. The summed E-state index contributed by atoms with van der Waals surface area (Å²) in [4.78, 5) is 38.3. The third-order valence-electron chi connectivity index (χ3n) is 6.25. The second-order valence-electron chi connectivity index (χ2n) is 8.11. The number of carbonyl (C=O) groups excluding carboxylic acids is 1. The first-order chi connectivity index (χ1) is 15.4. The molecule has 5 rings (SSSR count). The summed E-state index contributed by atoms with van der Waals surface area (Å²) < 4.78 is 11.2. The van der Waals surface area contributed by atoms with Crippen LogP contribution in [-0.2, 0) is 16.0 Å². The first kappa shape index (κ1) is 20.1. The van der Waals surface area contributed by atoms with Crippen molar-refractivity contribution in [2.45, 2.75) is 32.2 Å². The number of carbonyl (C=O) groups is 2. The third-order valence-corrected chi connectivity index (χ3v) is 6.25. The Morgan fingerprint density at radius 2 is 1.91 bits per heavy atom. The number of fused-ring (bicyclic) bond motifs is 2. The molecule has 162 valence electrons. The van der Waals surface area contributed by atoms with Gasteiger partial charge in [-0.05, 0) is 37.0 Å². The molecule has 1 unspecified atom stereocenters. The first-order valence-corrected chi connectivity index (χ1v) is 10.5. The van der Waals surface area contributed by atoms with Gasteiger partial charge in [0.05, 0.1) is 18.2 Å². The number of nitrogens with zero attached hydrogens (tertiary/aromatic N) is 1. The van der Waals surface area contributed by atoms with Gasteiger partial charge in [0.1, 0.15) is 17.2 Å². The standard InChI is InChI=1S/C25H21NO6/c1-14-16-10-18-19(15-6-3-2-4-7-15)13-31-21(18)12-22(16)32-25(30)17(14)11-23(27)26-9-5-8-20(26)24(28)29/h2-4,6-7,10,12-13,20H,5,8-9,11H2,1H3,(H,28,29). The molecule has 0 radical (unpaired) electrons. The minimum absolute atomic E-state index is 0.192. The Bertz CT molecular complexity index is 1420. The minimum Gasteiger partial charge on any atom is -0.480 e. The molecule has 0 spiro atoms. The Labute approximate surface area is 182 Å². The summed E-state index contributed by atoms with van der Waals surface area (Å²) in [5.41, 5.74) is 3.22. The average Bonchev–Trinajstić information content (AvgIpc) is 3.43. The van der Waals surface area contributed by atoms with Crippen molar-refractivity contribution >= 4 is 33.8 Å². The van der Waals surface area contributed by atoms with Crippen LogP contribution in [0.4, 0.5) is 0 Å². The van der Waals surface area contributed by atoms with Crippen LogP contribution in [0.15, 0.2) is 62.4 Å². The number of carboxylic acids is 1. The van der Waals surface area contributed by atoms with E-state index in [2.05, 4.69) is 0 Å². The lowest BCUT2D eigenvalue weighted by molar-refractivity contribution is -0.148. The van der Waals surface area contributed by atoms with Crippen molar-refractivity contribution in [1.29, 1.82) is 0 Å². The molecule has 7 heteroatoms. The van der Waals surface area contributed by atoms with Crippen LogP contribution in [0, 0.1) is 6.92 Å². The van der Waals surface area contributed by atoms with Gasteiger partial charge in [0.2, 0.25) is 5.91 Å². The van der Waals surface area contributed by atoms with Gasteiger partial charge in [-0.15, -0.1) is 0 Å². The lowest BCUT2D eigenvalue weighted by Gasteiger charge is -2.21. The predicted molar refractivity (Wildman–Crippen MR) is 119 cm³/mol. The predicted octanol–water partition coefficient (Wildman–Crippen LogP) is 4.13.